The minimum Gasteiger partial charge on any atom is -0.495 e. The van der Waals surface area contributed by atoms with Crippen LogP contribution in [0.4, 0.5) is 17.2 Å². The zero-order valence-electron chi connectivity index (χ0n) is 16.4. The molecule has 0 aliphatic carbocycles. The van der Waals surface area contributed by atoms with E-state index in [1.165, 1.54) is 11.8 Å². The van der Waals surface area contributed by atoms with Gasteiger partial charge in [-0.3, -0.25) is 9.59 Å². The van der Waals surface area contributed by atoms with Crippen LogP contribution >= 0.6 is 0 Å². The Labute approximate surface area is 167 Å². The summed E-state index contributed by atoms with van der Waals surface area (Å²) in [5.41, 5.74) is 9.25. The van der Waals surface area contributed by atoms with Gasteiger partial charge in [0, 0.05) is 5.69 Å². The third-order valence-electron chi connectivity index (χ3n) is 4.43. The number of aromatic nitrogens is 3. The Bertz CT molecular complexity index is 1060. The summed E-state index contributed by atoms with van der Waals surface area (Å²) in [6, 6.07) is 12.6. The van der Waals surface area contributed by atoms with E-state index in [-0.39, 0.29) is 24.0 Å². The number of anilines is 3. The van der Waals surface area contributed by atoms with E-state index in [1.807, 2.05) is 32.0 Å². The number of ether oxygens (including phenoxy) is 1. The molecule has 0 aliphatic heterocycles. The Hall–Kier alpha value is -3.88. The molecule has 0 saturated carbocycles. The Morgan fingerprint density at radius 1 is 1.10 bits per heavy atom. The summed E-state index contributed by atoms with van der Waals surface area (Å²) in [5.74, 6) is -0.387. The topological polar surface area (TPSA) is 124 Å². The minimum absolute atomic E-state index is 0.00682. The first kappa shape index (κ1) is 19.9. The van der Waals surface area contributed by atoms with Crippen molar-refractivity contribution in [1.82, 2.24) is 15.0 Å². The monoisotopic (exact) mass is 394 g/mol. The van der Waals surface area contributed by atoms with Crippen LogP contribution in [0.25, 0.3) is 0 Å². The van der Waals surface area contributed by atoms with Gasteiger partial charge in [-0.05, 0) is 49.2 Å². The summed E-state index contributed by atoms with van der Waals surface area (Å²) in [4.78, 5) is 24.8. The van der Waals surface area contributed by atoms with Crippen molar-refractivity contribution in [2.75, 3.05) is 23.5 Å². The minimum atomic E-state index is -0.548. The van der Waals surface area contributed by atoms with Crippen molar-refractivity contribution < 1.29 is 14.3 Å². The maximum Gasteiger partial charge on any atom is 0.280 e. The van der Waals surface area contributed by atoms with E-state index < -0.39 is 5.91 Å². The number of benzene rings is 2. The second-order valence-electron chi connectivity index (χ2n) is 6.48. The predicted octanol–water partition coefficient (Wildman–Crippen LogP) is 2.38. The fourth-order valence-corrected chi connectivity index (χ4v) is 2.68. The number of nitrogens with one attached hydrogen (secondary N) is 2. The number of carbonyl (C=O) groups excluding carboxylic acids is 2. The highest BCUT2D eigenvalue weighted by Crippen LogP contribution is 2.24. The lowest BCUT2D eigenvalue weighted by atomic mass is 10.1. The number of para-hydroxylation sites is 2. The molecule has 3 rings (SSSR count). The van der Waals surface area contributed by atoms with E-state index in [2.05, 4.69) is 20.9 Å². The van der Waals surface area contributed by atoms with Crippen molar-refractivity contribution in [3.05, 3.63) is 59.3 Å². The van der Waals surface area contributed by atoms with Crippen LogP contribution in [-0.4, -0.2) is 33.9 Å². The number of amides is 2. The summed E-state index contributed by atoms with van der Waals surface area (Å²) in [6.45, 7) is 3.79. The summed E-state index contributed by atoms with van der Waals surface area (Å²) in [7, 11) is 1.50. The molecule has 0 unspecified atom stereocenters. The van der Waals surface area contributed by atoms with E-state index in [0.717, 1.165) is 11.1 Å². The highest BCUT2D eigenvalue weighted by Gasteiger charge is 2.20. The first-order valence-corrected chi connectivity index (χ1v) is 8.89. The molecule has 1 heterocycles. The predicted molar refractivity (Wildman–Crippen MR) is 110 cm³/mol. The van der Waals surface area contributed by atoms with Crippen LogP contribution < -0.4 is 21.1 Å². The van der Waals surface area contributed by atoms with Crippen LogP contribution in [0.15, 0.2) is 42.5 Å². The number of nitrogens with two attached hydrogens (primary N) is 1. The largest absolute Gasteiger partial charge is 0.495 e. The lowest BCUT2D eigenvalue weighted by molar-refractivity contribution is -0.116. The number of carbonyl (C=O) groups is 2. The molecule has 0 saturated heterocycles. The lowest BCUT2D eigenvalue weighted by Crippen LogP contribution is -2.21. The maximum atomic E-state index is 12.5. The van der Waals surface area contributed by atoms with Gasteiger partial charge in [0.2, 0.25) is 5.91 Å². The van der Waals surface area contributed by atoms with Gasteiger partial charge in [0.25, 0.3) is 5.91 Å². The molecule has 0 aliphatic rings. The van der Waals surface area contributed by atoms with Gasteiger partial charge in [-0.2, -0.15) is 0 Å². The average Bonchev–Trinajstić information content (AvgIpc) is 3.05. The lowest BCUT2D eigenvalue weighted by Gasteiger charge is -2.09. The number of rotatable bonds is 6. The Morgan fingerprint density at radius 2 is 1.86 bits per heavy atom. The Balaban J connectivity index is 1.69. The smallest absolute Gasteiger partial charge is 0.280 e. The molecule has 0 bridgehead atoms. The molecule has 1 aromatic heterocycles. The summed E-state index contributed by atoms with van der Waals surface area (Å²) in [6.07, 6.45) is 0. The van der Waals surface area contributed by atoms with E-state index in [1.54, 1.807) is 24.3 Å². The highest BCUT2D eigenvalue weighted by atomic mass is 16.5. The second kappa shape index (κ2) is 8.42. The van der Waals surface area contributed by atoms with Crippen LogP contribution in [0.5, 0.6) is 5.75 Å². The summed E-state index contributed by atoms with van der Waals surface area (Å²) >= 11 is 0. The fraction of sp³-hybridized carbons (Fsp3) is 0.200. The van der Waals surface area contributed by atoms with Crippen molar-refractivity contribution in [3.8, 4) is 5.75 Å². The van der Waals surface area contributed by atoms with Gasteiger partial charge in [0.1, 0.15) is 12.3 Å². The second-order valence-corrected chi connectivity index (χ2v) is 6.48. The number of hydrogen-bond acceptors (Lipinski definition) is 6. The molecule has 0 radical (unpaired) electrons. The van der Waals surface area contributed by atoms with Crippen LogP contribution in [0.2, 0.25) is 0 Å². The molecule has 0 atom stereocenters. The zero-order chi connectivity index (χ0) is 21.0. The molecule has 4 N–H and O–H groups in total. The van der Waals surface area contributed by atoms with E-state index in [4.69, 9.17) is 10.5 Å². The molecule has 2 amide bonds. The van der Waals surface area contributed by atoms with Crippen LogP contribution in [0.1, 0.15) is 21.6 Å². The molecule has 9 heteroatoms. The normalized spacial score (nSPS) is 10.4. The molecule has 2 aromatic carbocycles. The SMILES string of the molecule is COc1ccccc1NC(=O)c1nnn(CC(=O)Nc2ccc(C)c(C)c2)c1N. The average molecular weight is 394 g/mol. The highest BCUT2D eigenvalue weighted by molar-refractivity contribution is 6.06. The molecule has 9 nitrogen and oxygen atoms in total. The number of nitrogens with zero attached hydrogens (tertiary/aromatic N) is 3. The van der Waals surface area contributed by atoms with Gasteiger partial charge in [-0.25, -0.2) is 4.68 Å². The van der Waals surface area contributed by atoms with Gasteiger partial charge in [0.15, 0.2) is 11.5 Å². The number of methoxy groups -OCH3 is 1. The molecule has 0 spiro atoms. The Morgan fingerprint density at radius 3 is 2.59 bits per heavy atom. The van der Waals surface area contributed by atoms with Gasteiger partial charge in [0.05, 0.1) is 12.8 Å². The molecule has 0 fully saturated rings. The maximum absolute atomic E-state index is 12.5. The number of aryl methyl sites for hydroxylation is 2. The van der Waals surface area contributed by atoms with E-state index >= 15 is 0 Å². The first-order valence-electron chi connectivity index (χ1n) is 8.89. The van der Waals surface area contributed by atoms with Crippen molar-refractivity contribution in [2.24, 2.45) is 0 Å². The Kier molecular flexibility index (Phi) is 5.77. The molecule has 3 aromatic rings. The number of nitrogen functional groups attached to an aromatic ring is 1. The quantitative estimate of drug-likeness (QED) is 0.590. The number of hydrogen-bond donors (Lipinski definition) is 3. The first-order chi connectivity index (χ1) is 13.9. The van der Waals surface area contributed by atoms with Gasteiger partial charge >= 0.3 is 0 Å². The molecular weight excluding hydrogens is 372 g/mol. The molecule has 29 heavy (non-hydrogen) atoms. The van der Waals surface area contributed by atoms with E-state index in [0.29, 0.717) is 17.1 Å². The molecule has 150 valence electrons. The van der Waals surface area contributed by atoms with Crippen LogP contribution in [-0.2, 0) is 11.3 Å². The fourth-order valence-electron chi connectivity index (χ4n) is 2.68. The van der Waals surface area contributed by atoms with Crippen molar-refractivity contribution >= 4 is 29.0 Å². The third kappa shape index (κ3) is 4.52. The van der Waals surface area contributed by atoms with Crippen LogP contribution in [0.3, 0.4) is 0 Å². The van der Waals surface area contributed by atoms with Gasteiger partial charge < -0.3 is 21.1 Å². The van der Waals surface area contributed by atoms with Gasteiger partial charge in [-0.15, -0.1) is 5.10 Å². The summed E-state index contributed by atoms with van der Waals surface area (Å²) < 4.78 is 6.38. The van der Waals surface area contributed by atoms with Crippen LogP contribution in [0, 0.1) is 13.8 Å². The van der Waals surface area contributed by atoms with Crippen molar-refractivity contribution in [1.29, 1.82) is 0 Å². The summed E-state index contributed by atoms with van der Waals surface area (Å²) in [5, 5.41) is 13.1. The zero-order valence-corrected chi connectivity index (χ0v) is 16.4. The third-order valence-corrected chi connectivity index (χ3v) is 4.43. The van der Waals surface area contributed by atoms with Gasteiger partial charge in [-0.1, -0.05) is 23.4 Å². The van der Waals surface area contributed by atoms with Crippen molar-refractivity contribution in [3.63, 3.8) is 0 Å². The molecular formula is C20H22N6O3. The standard InChI is InChI=1S/C20H22N6O3/c1-12-8-9-14(10-13(12)2)22-17(27)11-26-19(21)18(24-25-26)20(28)23-15-6-4-5-7-16(15)29-3/h4-10H,11,21H2,1-3H3,(H,22,27)(H,23,28). The van der Waals surface area contributed by atoms with E-state index in [9.17, 15) is 9.59 Å². The van der Waals surface area contributed by atoms with Crippen molar-refractivity contribution in [2.45, 2.75) is 20.4 Å².